The van der Waals surface area contributed by atoms with Gasteiger partial charge in [-0.1, -0.05) is 54.4 Å². The standard InChI is InChI=1S/C13H31NSi/c1-7-12-15(11-5,13(6)8-2)14(9-3)10-4/h13H,7-12H2,1-6H3. The van der Waals surface area contributed by atoms with Gasteiger partial charge >= 0.3 is 0 Å². The molecule has 0 aliphatic heterocycles. The van der Waals surface area contributed by atoms with Crippen LogP contribution in [-0.2, 0) is 0 Å². The molecule has 0 amide bonds. The van der Waals surface area contributed by atoms with Crippen LogP contribution in [0.4, 0.5) is 0 Å². The molecule has 0 spiro atoms. The third-order valence-electron chi connectivity index (χ3n) is 4.22. The smallest absolute Gasteiger partial charge is 0.130 e. The van der Waals surface area contributed by atoms with Crippen LogP contribution in [0.2, 0.25) is 17.6 Å². The zero-order valence-electron chi connectivity index (χ0n) is 11.8. The summed E-state index contributed by atoms with van der Waals surface area (Å²) in [5.41, 5.74) is 0.947. The Balaban J connectivity index is 4.92. The van der Waals surface area contributed by atoms with Crippen LogP contribution in [0, 0.1) is 0 Å². The molecule has 0 radical (unpaired) electrons. The van der Waals surface area contributed by atoms with E-state index in [0.717, 1.165) is 5.54 Å². The first-order valence-corrected chi connectivity index (χ1v) is 9.31. The topological polar surface area (TPSA) is 3.24 Å². The monoisotopic (exact) mass is 229 g/mol. The van der Waals surface area contributed by atoms with Gasteiger partial charge in [0.2, 0.25) is 0 Å². The van der Waals surface area contributed by atoms with Gasteiger partial charge in [0, 0.05) is 0 Å². The second-order valence-corrected chi connectivity index (χ2v) is 9.72. The minimum atomic E-state index is -1.17. The highest BCUT2D eigenvalue weighted by Crippen LogP contribution is 2.35. The molecule has 0 fully saturated rings. The molecule has 2 atom stereocenters. The summed E-state index contributed by atoms with van der Waals surface area (Å²) in [6.45, 7) is 16.8. The molecule has 0 saturated carbocycles. The Hall–Kier alpha value is 0.177. The Morgan fingerprint density at radius 2 is 1.53 bits per heavy atom. The van der Waals surface area contributed by atoms with E-state index in [1.807, 2.05) is 0 Å². The van der Waals surface area contributed by atoms with E-state index >= 15 is 0 Å². The normalized spacial score (nSPS) is 17.8. The van der Waals surface area contributed by atoms with Crippen LogP contribution in [0.25, 0.3) is 0 Å². The fraction of sp³-hybridized carbons (Fsp3) is 1.00. The lowest BCUT2D eigenvalue weighted by Crippen LogP contribution is -2.55. The van der Waals surface area contributed by atoms with Crippen molar-refractivity contribution in [1.82, 2.24) is 4.57 Å². The first-order valence-electron chi connectivity index (χ1n) is 6.87. The van der Waals surface area contributed by atoms with Crippen LogP contribution in [-0.4, -0.2) is 25.9 Å². The van der Waals surface area contributed by atoms with Crippen LogP contribution in [0.5, 0.6) is 0 Å². The third-order valence-corrected chi connectivity index (χ3v) is 10.9. The molecule has 0 aliphatic rings. The molecule has 2 unspecified atom stereocenters. The molecule has 92 valence electrons. The van der Waals surface area contributed by atoms with E-state index < -0.39 is 8.24 Å². The lowest BCUT2D eigenvalue weighted by Gasteiger charge is -2.45. The minimum Gasteiger partial charge on any atom is -0.324 e. The van der Waals surface area contributed by atoms with E-state index in [9.17, 15) is 0 Å². The van der Waals surface area contributed by atoms with Crippen LogP contribution in [0.1, 0.15) is 54.4 Å². The fourth-order valence-corrected chi connectivity index (χ4v) is 8.95. The zero-order valence-corrected chi connectivity index (χ0v) is 12.8. The molecule has 2 heteroatoms. The average molecular weight is 229 g/mol. The van der Waals surface area contributed by atoms with Crippen LogP contribution in [0.15, 0.2) is 0 Å². The predicted octanol–water partition coefficient (Wildman–Crippen LogP) is 4.50. The first kappa shape index (κ1) is 15.2. The highest BCUT2D eigenvalue weighted by atomic mass is 28.3. The molecule has 0 aromatic heterocycles. The molecular weight excluding hydrogens is 198 g/mol. The summed E-state index contributed by atoms with van der Waals surface area (Å²) >= 11 is 0. The lowest BCUT2D eigenvalue weighted by atomic mass is 10.4. The summed E-state index contributed by atoms with van der Waals surface area (Å²) in [5.74, 6) is 0. The summed E-state index contributed by atoms with van der Waals surface area (Å²) in [6.07, 6.45) is 2.72. The summed E-state index contributed by atoms with van der Waals surface area (Å²) < 4.78 is 2.82. The van der Waals surface area contributed by atoms with Gasteiger partial charge in [-0.2, -0.15) is 0 Å². The molecule has 0 rings (SSSR count). The Morgan fingerprint density at radius 1 is 1.00 bits per heavy atom. The van der Waals surface area contributed by atoms with Gasteiger partial charge in [-0.15, -0.1) is 0 Å². The number of hydrogen-bond donors (Lipinski definition) is 0. The van der Waals surface area contributed by atoms with E-state index in [1.54, 1.807) is 0 Å². The van der Waals surface area contributed by atoms with Crippen molar-refractivity contribution in [2.75, 3.05) is 13.1 Å². The van der Waals surface area contributed by atoms with Gasteiger partial charge in [-0.25, -0.2) is 0 Å². The van der Waals surface area contributed by atoms with E-state index in [1.165, 1.54) is 38.0 Å². The summed E-state index contributed by atoms with van der Waals surface area (Å²) in [6, 6.07) is 2.91. The van der Waals surface area contributed by atoms with Crippen molar-refractivity contribution in [3.8, 4) is 0 Å². The molecule has 1 nitrogen and oxygen atoms in total. The molecule has 0 aromatic carbocycles. The maximum absolute atomic E-state index is 2.82. The molecule has 0 saturated heterocycles. The molecular formula is C13H31NSi. The Morgan fingerprint density at radius 3 is 1.80 bits per heavy atom. The quantitative estimate of drug-likeness (QED) is 0.554. The van der Waals surface area contributed by atoms with Gasteiger partial charge in [0.1, 0.15) is 8.24 Å². The molecule has 0 heterocycles. The summed E-state index contributed by atoms with van der Waals surface area (Å²) in [5, 5.41) is 0. The minimum absolute atomic E-state index is 0.947. The Labute approximate surface area is 98.3 Å². The van der Waals surface area contributed by atoms with Crippen molar-refractivity contribution >= 4 is 8.24 Å². The van der Waals surface area contributed by atoms with Gasteiger partial charge in [-0.3, -0.25) is 0 Å². The first-order chi connectivity index (χ1) is 7.12. The zero-order chi connectivity index (χ0) is 11.9. The highest BCUT2D eigenvalue weighted by molar-refractivity contribution is 6.78. The highest BCUT2D eigenvalue weighted by Gasteiger charge is 2.39. The number of hydrogen-bond acceptors (Lipinski definition) is 1. The van der Waals surface area contributed by atoms with E-state index in [4.69, 9.17) is 0 Å². The molecule has 0 N–H and O–H groups in total. The summed E-state index contributed by atoms with van der Waals surface area (Å²) in [4.78, 5) is 0. The van der Waals surface area contributed by atoms with Gasteiger partial charge in [0.05, 0.1) is 0 Å². The number of nitrogens with zero attached hydrogens (tertiary/aromatic N) is 1. The van der Waals surface area contributed by atoms with Crippen molar-refractivity contribution in [2.45, 2.75) is 72.0 Å². The largest absolute Gasteiger partial charge is 0.324 e. The Kier molecular flexibility index (Phi) is 7.54. The van der Waals surface area contributed by atoms with E-state index in [2.05, 4.69) is 46.1 Å². The van der Waals surface area contributed by atoms with Gasteiger partial charge in [-0.05, 0) is 30.7 Å². The lowest BCUT2D eigenvalue weighted by molar-refractivity contribution is 0.440. The van der Waals surface area contributed by atoms with Crippen LogP contribution < -0.4 is 0 Å². The van der Waals surface area contributed by atoms with Crippen molar-refractivity contribution in [3.63, 3.8) is 0 Å². The van der Waals surface area contributed by atoms with Crippen molar-refractivity contribution in [1.29, 1.82) is 0 Å². The Bertz CT molecular complexity index is 157. The van der Waals surface area contributed by atoms with Crippen molar-refractivity contribution < 1.29 is 0 Å². The SMILES string of the molecule is CCC[Si](CC)(C(C)CC)N(CC)CC. The average Bonchev–Trinajstić information content (AvgIpc) is 2.28. The van der Waals surface area contributed by atoms with Gasteiger partial charge in [0.15, 0.2) is 0 Å². The van der Waals surface area contributed by atoms with E-state index in [-0.39, 0.29) is 0 Å². The van der Waals surface area contributed by atoms with Crippen LogP contribution in [0.3, 0.4) is 0 Å². The number of rotatable bonds is 8. The fourth-order valence-electron chi connectivity index (χ4n) is 3.13. The molecule has 0 bridgehead atoms. The van der Waals surface area contributed by atoms with Gasteiger partial charge < -0.3 is 4.57 Å². The summed E-state index contributed by atoms with van der Waals surface area (Å²) in [7, 11) is -1.17. The molecule has 15 heavy (non-hydrogen) atoms. The van der Waals surface area contributed by atoms with Crippen LogP contribution >= 0.6 is 0 Å². The molecule has 0 aromatic rings. The van der Waals surface area contributed by atoms with E-state index in [0.29, 0.717) is 0 Å². The van der Waals surface area contributed by atoms with Crippen molar-refractivity contribution in [2.24, 2.45) is 0 Å². The van der Waals surface area contributed by atoms with Gasteiger partial charge in [0.25, 0.3) is 0 Å². The third kappa shape index (κ3) is 3.32. The second-order valence-electron chi connectivity index (χ2n) is 4.69. The van der Waals surface area contributed by atoms with Crippen molar-refractivity contribution in [3.05, 3.63) is 0 Å². The second kappa shape index (κ2) is 7.45. The predicted molar refractivity (Wildman–Crippen MR) is 74.0 cm³/mol. The maximum atomic E-state index is 2.82. The molecule has 0 aliphatic carbocycles. The maximum Gasteiger partial charge on any atom is 0.130 e.